The molecule has 2 aromatic rings. The molecular formula is C13H9F3N2O2S. The second kappa shape index (κ2) is 5.96. The summed E-state index contributed by atoms with van der Waals surface area (Å²) in [6.07, 6.45) is -3.25. The minimum atomic E-state index is -4.73. The Morgan fingerprint density at radius 2 is 1.71 bits per heavy atom. The van der Waals surface area contributed by atoms with Crippen LogP contribution in [0.2, 0.25) is 0 Å². The van der Waals surface area contributed by atoms with Gasteiger partial charge in [-0.1, -0.05) is 12.2 Å². The number of benzene rings is 1. The van der Waals surface area contributed by atoms with Gasteiger partial charge in [0, 0.05) is 6.20 Å². The number of nitrogens with zero attached hydrogens (tertiary/aromatic N) is 1. The molecule has 1 heterocycles. The Bertz CT molecular complexity index is 645. The Morgan fingerprint density at radius 1 is 1.10 bits per heavy atom. The third-order valence-corrected chi connectivity index (χ3v) is 2.53. The fraction of sp³-hybridized carbons (Fsp3) is 0.0769. The zero-order valence-corrected chi connectivity index (χ0v) is 11.2. The van der Waals surface area contributed by atoms with Gasteiger partial charge in [0.2, 0.25) is 5.88 Å². The van der Waals surface area contributed by atoms with Crippen LogP contribution < -0.4 is 15.2 Å². The van der Waals surface area contributed by atoms with E-state index in [1.165, 1.54) is 18.3 Å². The maximum Gasteiger partial charge on any atom is 0.573 e. The molecule has 0 radical (unpaired) electrons. The van der Waals surface area contributed by atoms with E-state index in [9.17, 15) is 13.2 Å². The van der Waals surface area contributed by atoms with Crippen molar-refractivity contribution < 1.29 is 22.6 Å². The number of ether oxygens (including phenoxy) is 2. The normalized spacial score (nSPS) is 11.0. The molecule has 2 N–H and O–H groups in total. The molecule has 0 saturated heterocycles. The molecule has 0 unspecified atom stereocenters. The molecule has 2 rings (SSSR count). The summed E-state index contributed by atoms with van der Waals surface area (Å²) in [6, 6.07) is 8.17. The number of rotatable bonds is 4. The zero-order chi connectivity index (χ0) is 15.5. The molecule has 0 spiro atoms. The van der Waals surface area contributed by atoms with Gasteiger partial charge >= 0.3 is 6.36 Å². The summed E-state index contributed by atoms with van der Waals surface area (Å²) >= 11 is 4.86. The standard InChI is InChI=1S/C13H9F3N2O2S/c14-13(15,16)20-9-5-3-8(4-6-9)19-12-10(11(17)21)2-1-7-18-12/h1-7H,(H2,17,21). The smallest absolute Gasteiger partial charge is 0.438 e. The van der Waals surface area contributed by atoms with Crippen LogP contribution in [0.15, 0.2) is 42.6 Å². The number of pyridine rings is 1. The number of halogens is 3. The molecular weight excluding hydrogens is 305 g/mol. The molecule has 0 aliphatic rings. The summed E-state index contributed by atoms with van der Waals surface area (Å²) in [5.41, 5.74) is 5.96. The lowest BCUT2D eigenvalue weighted by molar-refractivity contribution is -0.274. The second-order valence-corrected chi connectivity index (χ2v) is 4.28. The first-order valence-corrected chi connectivity index (χ1v) is 6.04. The molecule has 0 aliphatic carbocycles. The monoisotopic (exact) mass is 314 g/mol. The zero-order valence-electron chi connectivity index (χ0n) is 10.4. The highest BCUT2D eigenvalue weighted by molar-refractivity contribution is 7.80. The van der Waals surface area contributed by atoms with Crippen LogP contribution in [0.25, 0.3) is 0 Å². The molecule has 0 bridgehead atoms. The third-order valence-electron chi connectivity index (χ3n) is 2.31. The van der Waals surface area contributed by atoms with Crippen molar-refractivity contribution in [2.75, 3.05) is 0 Å². The topological polar surface area (TPSA) is 57.4 Å². The number of nitrogens with two attached hydrogens (primary N) is 1. The third kappa shape index (κ3) is 4.32. The van der Waals surface area contributed by atoms with Crippen molar-refractivity contribution in [1.29, 1.82) is 0 Å². The van der Waals surface area contributed by atoms with E-state index in [0.717, 1.165) is 12.1 Å². The van der Waals surface area contributed by atoms with E-state index in [0.29, 0.717) is 5.56 Å². The lowest BCUT2D eigenvalue weighted by Crippen LogP contribution is -2.16. The number of alkyl halides is 3. The quantitative estimate of drug-likeness (QED) is 0.877. The molecule has 21 heavy (non-hydrogen) atoms. The summed E-state index contributed by atoms with van der Waals surface area (Å²) in [6.45, 7) is 0. The van der Waals surface area contributed by atoms with E-state index in [2.05, 4.69) is 9.72 Å². The van der Waals surface area contributed by atoms with E-state index in [4.69, 9.17) is 22.7 Å². The molecule has 4 nitrogen and oxygen atoms in total. The van der Waals surface area contributed by atoms with Crippen molar-refractivity contribution in [3.63, 3.8) is 0 Å². The summed E-state index contributed by atoms with van der Waals surface area (Å²) in [4.78, 5) is 4.08. The molecule has 0 atom stereocenters. The van der Waals surface area contributed by atoms with E-state index in [-0.39, 0.29) is 22.4 Å². The largest absolute Gasteiger partial charge is 0.573 e. The van der Waals surface area contributed by atoms with Crippen LogP contribution in [-0.4, -0.2) is 16.3 Å². The molecule has 0 saturated carbocycles. The number of aromatic nitrogens is 1. The SMILES string of the molecule is NC(=S)c1cccnc1Oc1ccc(OC(F)(F)F)cc1. The highest BCUT2D eigenvalue weighted by atomic mass is 32.1. The van der Waals surface area contributed by atoms with E-state index in [1.807, 2.05) is 0 Å². The van der Waals surface area contributed by atoms with Gasteiger partial charge in [0.05, 0.1) is 5.56 Å². The first-order chi connectivity index (χ1) is 9.85. The average Bonchev–Trinajstić information content (AvgIpc) is 2.40. The van der Waals surface area contributed by atoms with Gasteiger partial charge in [0.25, 0.3) is 0 Å². The highest BCUT2D eigenvalue weighted by Gasteiger charge is 2.31. The van der Waals surface area contributed by atoms with Gasteiger partial charge in [-0.3, -0.25) is 0 Å². The molecule has 0 aliphatic heterocycles. The molecule has 1 aromatic carbocycles. The first kappa shape index (κ1) is 15.0. The van der Waals surface area contributed by atoms with Gasteiger partial charge in [-0.05, 0) is 36.4 Å². The summed E-state index contributed by atoms with van der Waals surface area (Å²) in [5, 5.41) is 0. The van der Waals surface area contributed by atoms with Gasteiger partial charge in [-0.25, -0.2) is 4.98 Å². The van der Waals surface area contributed by atoms with E-state index in [1.54, 1.807) is 12.1 Å². The van der Waals surface area contributed by atoms with Crippen LogP contribution in [0, 0.1) is 0 Å². The van der Waals surface area contributed by atoms with Crippen LogP contribution in [0.5, 0.6) is 17.4 Å². The lowest BCUT2D eigenvalue weighted by Gasteiger charge is -2.11. The van der Waals surface area contributed by atoms with Gasteiger partial charge in [-0.15, -0.1) is 13.2 Å². The van der Waals surface area contributed by atoms with Crippen LogP contribution in [0.3, 0.4) is 0 Å². The second-order valence-electron chi connectivity index (χ2n) is 3.84. The Balaban J connectivity index is 2.16. The Morgan fingerprint density at radius 3 is 2.29 bits per heavy atom. The van der Waals surface area contributed by atoms with Gasteiger partial charge < -0.3 is 15.2 Å². The number of thiocarbonyl (C=S) groups is 1. The maximum atomic E-state index is 12.0. The van der Waals surface area contributed by atoms with Crippen molar-refractivity contribution in [2.45, 2.75) is 6.36 Å². The maximum absolute atomic E-state index is 12.0. The summed E-state index contributed by atoms with van der Waals surface area (Å²) in [7, 11) is 0. The van der Waals surface area contributed by atoms with Crippen LogP contribution in [0.1, 0.15) is 5.56 Å². The molecule has 8 heteroatoms. The summed E-state index contributed by atoms with van der Waals surface area (Å²) < 4.78 is 45.3. The van der Waals surface area contributed by atoms with Crippen molar-refractivity contribution in [1.82, 2.24) is 4.98 Å². The Hall–Kier alpha value is -2.35. The van der Waals surface area contributed by atoms with Gasteiger partial charge in [0.15, 0.2) is 0 Å². The van der Waals surface area contributed by atoms with Crippen LogP contribution in [0.4, 0.5) is 13.2 Å². The van der Waals surface area contributed by atoms with Crippen molar-refractivity contribution >= 4 is 17.2 Å². The van der Waals surface area contributed by atoms with E-state index >= 15 is 0 Å². The Labute approximate surface area is 123 Å². The average molecular weight is 314 g/mol. The molecule has 0 amide bonds. The number of hydrogen-bond acceptors (Lipinski definition) is 4. The first-order valence-electron chi connectivity index (χ1n) is 5.63. The molecule has 110 valence electrons. The predicted octanol–water partition coefficient (Wildman–Crippen LogP) is 3.41. The van der Waals surface area contributed by atoms with Crippen LogP contribution >= 0.6 is 12.2 Å². The fourth-order valence-corrected chi connectivity index (χ4v) is 1.64. The summed E-state index contributed by atoms with van der Waals surface area (Å²) in [5.74, 6) is 0.112. The lowest BCUT2D eigenvalue weighted by atomic mass is 10.2. The van der Waals surface area contributed by atoms with Crippen molar-refractivity contribution in [2.24, 2.45) is 5.73 Å². The van der Waals surface area contributed by atoms with Gasteiger partial charge in [-0.2, -0.15) is 0 Å². The minimum Gasteiger partial charge on any atom is -0.438 e. The van der Waals surface area contributed by atoms with Crippen molar-refractivity contribution in [3.05, 3.63) is 48.2 Å². The minimum absolute atomic E-state index is 0.107. The van der Waals surface area contributed by atoms with Crippen molar-refractivity contribution in [3.8, 4) is 17.4 Å². The van der Waals surface area contributed by atoms with Gasteiger partial charge in [0.1, 0.15) is 16.5 Å². The highest BCUT2D eigenvalue weighted by Crippen LogP contribution is 2.27. The predicted molar refractivity (Wildman–Crippen MR) is 73.3 cm³/mol. The fourth-order valence-electron chi connectivity index (χ4n) is 1.48. The molecule has 0 fully saturated rings. The molecule has 1 aromatic heterocycles. The Kier molecular flexibility index (Phi) is 4.27. The van der Waals surface area contributed by atoms with Crippen LogP contribution in [-0.2, 0) is 0 Å². The number of hydrogen-bond donors (Lipinski definition) is 1. The van der Waals surface area contributed by atoms with E-state index < -0.39 is 6.36 Å².